The summed E-state index contributed by atoms with van der Waals surface area (Å²) in [4.78, 5) is 39.2. The molecular weight excluding hydrogens is 396 g/mol. The normalized spacial score (nSPS) is 17.0. The number of carbonyl (C=O) groups is 3. The van der Waals surface area contributed by atoms with E-state index in [2.05, 4.69) is 23.2 Å². The second-order valence-electron chi connectivity index (χ2n) is 7.79. The molecule has 0 spiro atoms. The van der Waals surface area contributed by atoms with E-state index in [1.165, 1.54) is 0 Å². The number of pyridine rings is 1. The van der Waals surface area contributed by atoms with Crippen LogP contribution >= 0.6 is 0 Å². The third-order valence-electron chi connectivity index (χ3n) is 5.69. The fraction of sp³-hybridized carbons (Fsp3) is 0.417. The Hall–Kier alpha value is -2.90. The number of rotatable bonds is 10. The van der Waals surface area contributed by atoms with E-state index in [1.54, 1.807) is 6.20 Å². The maximum atomic E-state index is 12.7. The van der Waals surface area contributed by atoms with Crippen molar-refractivity contribution in [3.05, 3.63) is 42.1 Å². The zero-order valence-electron chi connectivity index (χ0n) is 17.4. The molecule has 0 saturated heterocycles. The highest BCUT2D eigenvalue weighted by Crippen LogP contribution is 2.35. The minimum atomic E-state index is -0.349. The molecule has 1 saturated carbocycles. The van der Waals surface area contributed by atoms with Gasteiger partial charge in [-0.1, -0.05) is 12.1 Å². The molecule has 1 atom stereocenters. The lowest BCUT2D eigenvalue weighted by atomic mass is 9.92. The van der Waals surface area contributed by atoms with Crippen molar-refractivity contribution in [1.29, 1.82) is 0 Å². The Labute approximate surface area is 180 Å². The number of fused-ring (bicyclic) bond motifs is 3. The van der Waals surface area contributed by atoms with E-state index in [-0.39, 0.29) is 30.6 Å². The molecule has 1 aromatic carbocycles. The molecule has 2 heterocycles. The lowest BCUT2D eigenvalue weighted by Crippen LogP contribution is -2.27. The molecule has 1 aliphatic carbocycles. The van der Waals surface area contributed by atoms with Crippen molar-refractivity contribution >= 4 is 39.8 Å². The van der Waals surface area contributed by atoms with Crippen LogP contribution in [0.2, 0.25) is 0 Å². The van der Waals surface area contributed by atoms with Gasteiger partial charge in [0.15, 0.2) is 5.78 Å². The van der Waals surface area contributed by atoms with Gasteiger partial charge < -0.3 is 18.8 Å². The second kappa shape index (κ2) is 9.94. The first-order valence-electron chi connectivity index (χ1n) is 10.7. The van der Waals surface area contributed by atoms with Crippen LogP contribution in [0.25, 0.3) is 21.9 Å². The molecule has 1 unspecified atom stereocenters. The zero-order chi connectivity index (χ0) is 21.6. The molecule has 1 aliphatic rings. The first-order chi connectivity index (χ1) is 15.2. The Morgan fingerprint density at radius 3 is 2.81 bits per heavy atom. The lowest BCUT2D eigenvalue weighted by molar-refractivity contribution is -0.132. The van der Waals surface area contributed by atoms with Crippen LogP contribution in [0.3, 0.4) is 0 Å². The quantitative estimate of drug-likeness (QED) is 0.283. The number of ether oxygens (including phenoxy) is 2. The van der Waals surface area contributed by atoms with E-state index in [4.69, 9.17) is 9.47 Å². The van der Waals surface area contributed by atoms with E-state index >= 15 is 0 Å². The number of nitrogens with zero attached hydrogens (tertiary/aromatic N) is 2. The molecule has 0 radical (unpaired) electrons. The van der Waals surface area contributed by atoms with Crippen LogP contribution < -0.4 is 0 Å². The number of carbonyl (C=O) groups excluding carboxylic acids is 3. The van der Waals surface area contributed by atoms with Crippen LogP contribution in [0.5, 0.6) is 0 Å². The highest BCUT2D eigenvalue weighted by atomic mass is 16.5. The summed E-state index contributed by atoms with van der Waals surface area (Å²) < 4.78 is 12.6. The Morgan fingerprint density at radius 2 is 1.97 bits per heavy atom. The first kappa shape index (κ1) is 21.3. The van der Waals surface area contributed by atoms with Crippen molar-refractivity contribution in [3.63, 3.8) is 0 Å². The summed E-state index contributed by atoms with van der Waals surface area (Å²) in [5.41, 5.74) is 2.94. The van der Waals surface area contributed by atoms with Gasteiger partial charge in [0.05, 0.1) is 31.2 Å². The van der Waals surface area contributed by atoms with Crippen LogP contribution in [-0.2, 0) is 30.3 Å². The molecule has 162 valence electrons. The number of aryl methyl sites for hydroxylation is 1. The fourth-order valence-electron chi connectivity index (χ4n) is 4.25. The standard InChI is InChI=1S/C24H26N2O5/c27-10-12-31-14-13-30-11-2-3-17-5-7-19-20-4-1-9-25-24(20)26(22(19)15-17)21-8-6-18(28)16-23(21)29/h1,4-5,7,9-10,15,21H,2-3,6,8,11-14,16H2. The molecule has 4 rings (SSSR count). The number of hydrogen-bond donors (Lipinski definition) is 0. The van der Waals surface area contributed by atoms with Crippen LogP contribution in [0.1, 0.15) is 37.3 Å². The molecular formula is C24H26N2O5. The van der Waals surface area contributed by atoms with Gasteiger partial charge in [0, 0.05) is 30.0 Å². The minimum absolute atomic E-state index is 0.00621. The topological polar surface area (TPSA) is 87.5 Å². The Balaban J connectivity index is 1.53. The van der Waals surface area contributed by atoms with E-state index in [0.29, 0.717) is 32.7 Å². The number of benzene rings is 1. The summed E-state index contributed by atoms with van der Waals surface area (Å²) in [7, 11) is 0. The Kier molecular flexibility index (Phi) is 6.84. The van der Waals surface area contributed by atoms with Gasteiger partial charge in [0.2, 0.25) is 0 Å². The molecule has 3 aromatic rings. The van der Waals surface area contributed by atoms with Crippen LogP contribution in [0.15, 0.2) is 36.5 Å². The highest BCUT2D eigenvalue weighted by molar-refractivity contribution is 6.09. The van der Waals surface area contributed by atoms with Crippen molar-refractivity contribution < 1.29 is 23.9 Å². The molecule has 0 amide bonds. The predicted molar refractivity (Wildman–Crippen MR) is 116 cm³/mol. The average molecular weight is 422 g/mol. The summed E-state index contributed by atoms with van der Waals surface area (Å²) in [6.07, 6.45) is 5.13. The van der Waals surface area contributed by atoms with Gasteiger partial charge in [-0.2, -0.15) is 0 Å². The van der Waals surface area contributed by atoms with Gasteiger partial charge in [-0.15, -0.1) is 0 Å². The molecule has 1 fully saturated rings. The number of aromatic nitrogens is 2. The second-order valence-corrected chi connectivity index (χ2v) is 7.79. The van der Waals surface area contributed by atoms with Gasteiger partial charge in [0.1, 0.15) is 24.3 Å². The minimum Gasteiger partial charge on any atom is -0.379 e. The third-order valence-corrected chi connectivity index (χ3v) is 5.69. The molecule has 31 heavy (non-hydrogen) atoms. The smallest absolute Gasteiger partial charge is 0.163 e. The van der Waals surface area contributed by atoms with Gasteiger partial charge >= 0.3 is 0 Å². The maximum Gasteiger partial charge on any atom is 0.163 e. The monoisotopic (exact) mass is 422 g/mol. The molecule has 0 aliphatic heterocycles. The van der Waals surface area contributed by atoms with E-state index < -0.39 is 0 Å². The van der Waals surface area contributed by atoms with Gasteiger partial charge in [-0.25, -0.2) is 4.98 Å². The summed E-state index contributed by atoms with van der Waals surface area (Å²) in [5, 5.41) is 2.09. The SMILES string of the molecule is O=CCOCCOCCCc1ccc2c3cccnc3n(C3CCC(=O)CC3=O)c2c1. The maximum absolute atomic E-state index is 12.7. The number of Topliss-reactive ketones (excluding diaryl/α,β-unsaturated/α-hetero) is 2. The van der Waals surface area contributed by atoms with Gasteiger partial charge in [-0.05, 0) is 43.0 Å². The van der Waals surface area contributed by atoms with Crippen LogP contribution in [0, 0.1) is 0 Å². The molecule has 7 heteroatoms. The average Bonchev–Trinajstić information content (AvgIpc) is 3.09. The van der Waals surface area contributed by atoms with E-state index in [1.807, 2.05) is 16.7 Å². The summed E-state index contributed by atoms with van der Waals surface area (Å²) >= 11 is 0. The molecule has 2 aromatic heterocycles. The van der Waals surface area contributed by atoms with Crippen molar-refractivity contribution in [2.75, 3.05) is 26.4 Å². The van der Waals surface area contributed by atoms with Crippen LogP contribution in [0.4, 0.5) is 0 Å². The Bertz CT molecular complexity index is 1100. The van der Waals surface area contributed by atoms with E-state index in [0.717, 1.165) is 46.6 Å². The van der Waals surface area contributed by atoms with Crippen molar-refractivity contribution in [2.24, 2.45) is 0 Å². The summed E-state index contributed by atoms with van der Waals surface area (Å²) in [5.74, 6) is -0.0106. The largest absolute Gasteiger partial charge is 0.379 e. The molecule has 0 N–H and O–H groups in total. The number of aldehydes is 1. The van der Waals surface area contributed by atoms with Crippen molar-refractivity contribution in [1.82, 2.24) is 9.55 Å². The summed E-state index contributed by atoms with van der Waals surface area (Å²) in [6.45, 7) is 1.59. The molecule has 7 nitrogen and oxygen atoms in total. The van der Waals surface area contributed by atoms with Gasteiger partial charge in [-0.3, -0.25) is 9.59 Å². The van der Waals surface area contributed by atoms with Gasteiger partial charge in [0.25, 0.3) is 0 Å². The summed E-state index contributed by atoms with van der Waals surface area (Å²) in [6, 6.07) is 9.92. The predicted octanol–water partition coefficient (Wildman–Crippen LogP) is 3.22. The number of hydrogen-bond acceptors (Lipinski definition) is 6. The first-order valence-corrected chi connectivity index (χ1v) is 10.7. The number of ketones is 2. The zero-order valence-corrected chi connectivity index (χ0v) is 17.4. The lowest BCUT2D eigenvalue weighted by Gasteiger charge is -2.23. The van der Waals surface area contributed by atoms with E-state index in [9.17, 15) is 14.4 Å². The van der Waals surface area contributed by atoms with Crippen molar-refractivity contribution in [2.45, 2.75) is 38.1 Å². The Morgan fingerprint density at radius 1 is 1.10 bits per heavy atom. The fourth-order valence-corrected chi connectivity index (χ4v) is 4.25. The molecule has 0 bridgehead atoms. The van der Waals surface area contributed by atoms with Crippen molar-refractivity contribution in [3.8, 4) is 0 Å². The van der Waals surface area contributed by atoms with Crippen LogP contribution in [-0.4, -0.2) is 53.8 Å². The third kappa shape index (κ3) is 4.73. The highest BCUT2D eigenvalue weighted by Gasteiger charge is 2.31.